The molecule has 0 radical (unpaired) electrons. The van der Waals surface area contributed by atoms with E-state index >= 15 is 0 Å². The minimum Gasteiger partial charge on any atom is -0.383 e. The molecule has 0 aliphatic rings. The van der Waals surface area contributed by atoms with E-state index in [1.165, 1.54) is 5.56 Å². The van der Waals surface area contributed by atoms with Crippen LogP contribution in [0.5, 0.6) is 0 Å². The highest BCUT2D eigenvalue weighted by atomic mass is 79.9. The van der Waals surface area contributed by atoms with Crippen molar-refractivity contribution in [1.82, 2.24) is 10.3 Å². The third kappa shape index (κ3) is 5.39. The van der Waals surface area contributed by atoms with Crippen LogP contribution in [0.4, 0.5) is 5.13 Å². The average Bonchev–Trinajstić information content (AvgIpc) is 2.95. The summed E-state index contributed by atoms with van der Waals surface area (Å²) >= 11 is 5.13. The van der Waals surface area contributed by atoms with Gasteiger partial charge in [0.1, 0.15) is 0 Å². The average molecular weight is 370 g/mol. The number of anilines is 1. The van der Waals surface area contributed by atoms with E-state index in [0.717, 1.165) is 41.5 Å². The molecule has 6 heteroatoms. The molecule has 0 atom stereocenters. The number of aromatic nitrogens is 1. The first kappa shape index (κ1) is 16.4. The normalized spacial score (nSPS) is 10.8. The molecule has 0 saturated heterocycles. The Hall–Kier alpha value is -0.950. The summed E-state index contributed by atoms with van der Waals surface area (Å²) in [5.74, 6) is 0. The van der Waals surface area contributed by atoms with Gasteiger partial charge < -0.3 is 15.0 Å². The zero-order valence-electron chi connectivity index (χ0n) is 12.3. The minimum atomic E-state index is 0.723. The molecular formula is C15H20BrN3OS. The number of thiazole rings is 1. The van der Waals surface area contributed by atoms with Crippen molar-refractivity contribution in [1.29, 1.82) is 0 Å². The fraction of sp³-hybridized carbons (Fsp3) is 0.400. The molecule has 0 amide bonds. The van der Waals surface area contributed by atoms with Crippen molar-refractivity contribution in [2.45, 2.75) is 13.1 Å². The fourth-order valence-corrected chi connectivity index (χ4v) is 2.93. The molecule has 0 aliphatic heterocycles. The van der Waals surface area contributed by atoms with Crippen molar-refractivity contribution < 1.29 is 4.74 Å². The van der Waals surface area contributed by atoms with Crippen LogP contribution in [-0.2, 0) is 17.8 Å². The lowest BCUT2D eigenvalue weighted by Crippen LogP contribution is -2.19. The molecule has 1 aromatic heterocycles. The van der Waals surface area contributed by atoms with Crippen LogP contribution in [0.2, 0.25) is 0 Å². The van der Waals surface area contributed by atoms with Crippen LogP contribution in [0.3, 0.4) is 0 Å². The second-order valence-corrected chi connectivity index (χ2v) is 6.53. The van der Waals surface area contributed by atoms with Gasteiger partial charge in [0.15, 0.2) is 5.13 Å². The predicted molar refractivity (Wildman–Crippen MR) is 91.9 cm³/mol. The monoisotopic (exact) mass is 369 g/mol. The molecule has 21 heavy (non-hydrogen) atoms. The standard InChI is InChI=1S/C15H20BrN3OS/c1-19(10-12-3-5-13(16)6-4-12)15-18-14(11-21-15)9-17-7-8-20-2/h3-6,11,17H,7-10H2,1-2H3. The summed E-state index contributed by atoms with van der Waals surface area (Å²) in [5.41, 5.74) is 2.35. The quantitative estimate of drug-likeness (QED) is 0.724. The molecule has 1 heterocycles. The van der Waals surface area contributed by atoms with E-state index in [9.17, 15) is 0 Å². The Morgan fingerprint density at radius 1 is 1.33 bits per heavy atom. The summed E-state index contributed by atoms with van der Waals surface area (Å²) < 4.78 is 6.11. The van der Waals surface area contributed by atoms with E-state index in [0.29, 0.717) is 0 Å². The number of nitrogens with zero attached hydrogens (tertiary/aromatic N) is 2. The highest BCUT2D eigenvalue weighted by Gasteiger charge is 2.07. The van der Waals surface area contributed by atoms with E-state index in [2.05, 4.69) is 67.8 Å². The topological polar surface area (TPSA) is 37.4 Å². The molecule has 0 spiro atoms. The third-order valence-corrected chi connectivity index (χ3v) is 4.52. The maximum absolute atomic E-state index is 5.01. The smallest absolute Gasteiger partial charge is 0.185 e. The van der Waals surface area contributed by atoms with Crippen molar-refractivity contribution in [3.05, 3.63) is 45.4 Å². The Labute approximate surface area is 138 Å². The van der Waals surface area contributed by atoms with Crippen molar-refractivity contribution in [3.63, 3.8) is 0 Å². The van der Waals surface area contributed by atoms with Crippen LogP contribution in [0.1, 0.15) is 11.3 Å². The highest BCUT2D eigenvalue weighted by Crippen LogP contribution is 2.21. The van der Waals surface area contributed by atoms with Crippen molar-refractivity contribution >= 4 is 32.4 Å². The Bertz CT molecular complexity index is 544. The maximum Gasteiger partial charge on any atom is 0.185 e. The molecule has 1 N–H and O–H groups in total. The van der Waals surface area contributed by atoms with Crippen molar-refractivity contribution in [2.24, 2.45) is 0 Å². The van der Waals surface area contributed by atoms with Crippen molar-refractivity contribution in [2.75, 3.05) is 32.2 Å². The third-order valence-electron chi connectivity index (χ3n) is 2.99. The van der Waals surface area contributed by atoms with Crippen LogP contribution in [0.15, 0.2) is 34.1 Å². The molecule has 2 rings (SSSR count). The summed E-state index contributed by atoms with van der Waals surface area (Å²) in [4.78, 5) is 6.83. The van der Waals surface area contributed by atoms with Crippen LogP contribution in [0, 0.1) is 0 Å². The van der Waals surface area contributed by atoms with E-state index in [1.54, 1.807) is 18.4 Å². The van der Waals surface area contributed by atoms with Crippen LogP contribution < -0.4 is 10.2 Å². The molecule has 4 nitrogen and oxygen atoms in total. The zero-order chi connectivity index (χ0) is 15.1. The fourth-order valence-electron chi connectivity index (χ4n) is 1.87. The molecule has 1 aromatic carbocycles. The number of hydrogen-bond donors (Lipinski definition) is 1. The molecule has 0 saturated carbocycles. The lowest BCUT2D eigenvalue weighted by Gasteiger charge is -2.15. The van der Waals surface area contributed by atoms with Gasteiger partial charge in [-0.15, -0.1) is 11.3 Å². The van der Waals surface area contributed by atoms with Crippen LogP contribution in [-0.4, -0.2) is 32.3 Å². The number of nitrogens with one attached hydrogen (secondary N) is 1. The first-order valence-corrected chi connectivity index (χ1v) is 8.46. The second kappa shape index (κ2) is 8.48. The maximum atomic E-state index is 5.01. The minimum absolute atomic E-state index is 0.723. The second-order valence-electron chi connectivity index (χ2n) is 4.77. The number of halogens is 1. The van der Waals surface area contributed by atoms with E-state index in [1.807, 2.05) is 0 Å². The summed E-state index contributed by atoms with van der Waals surface area (Å²) in [6.45, 7) is 3.21. The molecule has 0 aliphatic carbocycles. The highest BCUT2D eigenvalue weighted by molar-refractivity contribution is 9.10. The zero-order valence-corrected chi connectivity index (χ0v) is 14.7. The van der Waals surface area contributed by atoms with Gasteiger partial charge in [-0.25, -0.2) is 4.98 Å². The first-order valence-electron chi connectivity index (χ1n) is 6.78. The molecule has 0 unspecified atom stereocenters. The van der Waals surface area contributed by atoms with Gasteiger partial charge in [0.25, 0.3) is 0 Å². The number of methoxy groups -OCH3 is 1. The van der Waals surface area contributed by atoms with Gasteiger partial charge in [-0.05, 0) is 17.7 Å². The molecular weight excluding hydrogens is 350 g/mol. The van der Waals surface area contributed by atoms with E-state index in [4.69, 9.17) is 4.74 Å². The largest absolute Gasteiger partial charge is 0.383 e. The summed E-state index contributed by atoms with van der Waals surface area (Å²) in [7, 11) is 3.78. The number of hydrogen-bond acceptors (Lipinski definition) is 5. The molecule has 0 bridgehead atoms. The van der Waals surface area contributed by atoms with Gasteiger partial charge in [0.2, 0.25) is 0 Å². The van der Waals surface area contributed by atoms with Gasteiger partial charge in [-0.3, -0.25) is 0 Å². The lowest BCUT2D eigenvalue weighted by molar-refractivity contribution is 0.199. The van der Waals surface area contributed by atoms with Crippen LogP contribution in [0.25, 0.3) is 0 Å². The number of ether oxygens (including phenoxy) is 1. The summed E-state index contributed by atoms with van der Waals surface area (Å²) in [6.07, 6.45) is 0. The van der Waals surface area contributed by atoms with Gasteiger partial charge >= 0.3 is 0 Å². The van der Waals surface area contributed by atoms with Gasteiger partial charge in [-0.1, -0.05) is 28.1 Å². The van der Waals surface area contributed by atoms with Gasteiger partial charge in [0, 0.05) is 43.6 Å². The summed E-state index contributed by atoms with van der Waals surface area (Å²) in [6, 6.07) is 8.38. The Kier molecular flexibility index (Phi) is 6.63. The van der Waals surface area contributed by atoms with E-state index < -0.39 is 0 Å². The molecule has 0 fully saturated rings. The lowest BCUT2D eigenvalue weighted by atomic mass is 10.2. The van der Waals surface area contributed by atoms with Crippen LogP contribution >= 0.6 is 27.3 Å². The van der Waals surface area contributed by atoms with E-state index in [-0.39, 0.29) is 0 Å². The van der Waals surface area contributed by atoms with Gasteiger partial charge in [0.05, 0.1) is 12.3 Å². The first-order chi connectivity index (χ1) is 10.2. The number of rotatable bonds is 8. The summed E-state index contributed by atoms with van der Waals surface area (Å²) in [5, 5.41) is 6.45. The SMILES string of the molecule is COCCNCc1csc(N(C)Cc2ccc(Br)cc2)n1. The Morgan fingerprint density at radius 3 is 2.81 bits per heavy atom. The Balaban J connectivity index is 1.86. The van der Waals surface area contributed by atoms with Gasteiger partial charge in [-0.2, -0.15) is 0 Å². The number of benzene rings is 1. The van der Waals surface area contributed by atoms with Crippen molar-refractivity contribution in [3.8, 4) is 0 Å². The Morgan fingerprint density at radius 2 is 2.10 bits per heavy atom. The predicted octanol–water partition coefficient (Wildman–Crippen LogP) is 3.28. The molecule has 2 aromatic rings. The molecule has 114 valence electrons.